The maximum Gasteiger partial charge on any atom is 0.326 e. The number of urea groups is 1. The number of hydrogen-bond acceptors (Lipinski definition) is 3. The third-order valence-corrected chi connectivity index (χ3v) is 3.76. The second kappa shape index (κ2) is 6.43. The number of carbonyl (C=O) groups excluding carboxylic acids is 1. The van der Waals surface area contributed by atoms with Crippen LogP contribution in [0.1, 0.15) is 40.5 Å². The molecule has 6 heteroatoms. The number of hydrogen-bond donors (Lipinski definition) is 3. The normalized spacial score (nSPS) is 20.0. The van der Waals surface area contributed by atoms with Gasteiger partial charge in [0, 0.05) is 19.8 Å². The SMILES string of the molecule is CC1(CNC(=O)N[C@H](C(=O)O)C(C)(C)C)CCOCC1. The number of carbonyl (C=O) groups is 2. The Labute approximate surface area is 120 Å². The minimum Gasteiger partial charge on any atom is -0.480 e. The first-order chi connectivity index (χ1) is 9.14. The second-order valence-corrected chi connectivity index (χ2v) is 6.89. The number of carboxylic acids is 1. The molecule has 20 heavy (non-hydrogen) atoms. The summed E-state index contributed by atoms with van der Waals surface area (Å²) in [5.74, 6) is -1.02. The lowest BCUT2D eigenvalue weighted by Gasteiger charge is -2.34. The smallest absolute Gasteiger partial charge is 0.326 e. The minimum atomic E-state index is -1.02. The third-order valence-electron chi connectivity index (χ3n) is 3.76. The fourth-order valence-electron chi connectivity index (χ4n) is 2.17. The average Bonchev–Trinajstić information content (AvgIpc) is 2.33. The fourth-order valence-corrected chi connectivity index (χ4v) is 2.17. The zero-order valence-electron chi connectivity index (χ0n) is 12.8. The lowest BCUT2D eigenvalue weighted by Crippen LogP contribution is -2.53. The Morgan fingerprint density at radius 1 is 1.30 bits per heavy atom. The fraction of sp³-hybridized carbons (Fsp3) is 0.857. The van der Waals surface area contributed by atoms with Gasteiger partial charge in [-0.15, -0.1) is 0 Å². The summed E-state index contributed by atoms with van der Waals surface area (Å²) in [6.07, 6.45) is 1.80. The molecule has 116 valence electrons. The molecule has 1 aliphatic heterocycles. The van der Waals surface area contributed by atoms with Crippen molar-refractivity contribution in [3.8, 4) is 0 Å². The van der Waals surface area contributed by atoms with Crippen molar-refractivity contribution in [2.75, 3.05) is 19.8 Å². The molecule has 2 amide bonds. The van der Waals surface area contributed by atoms with Crippen LogP contribution in [0.25, 0.3) is 0 Å². The van der Waals surface area contributed by atoms with E-state index in [-0.39, 0.29) is 5.41 Å². The second-order valence-electron chi connectivity index (χ2n) is 6.89. The van der Waals surface area contributed by atoms with Crippen molar-refractivity contribution in [2.24, 2.45) is 10.8 Å². The van der Waals surface area contributed by atoms with Gasteiger partial charge in [-0.1, -0.05) is 27.7 Å². The quantitative estimate of drug-likeness (QED) is 0.732. The molecule has 1 fully saturated rings. The number of carboxylic acid groups (broad SMARTS) is 1. The monoisotopic (exact) mass is 286 g/mol. The molecule has 0 aromatic rings. The topological polar surface area (TPSA) is 87.7 Å². The zero-order chi connectivity index (χ0) is 15.4. The Hall–Kier alpha value is -1.30. The van der Waals surface area contributed by atoms with Gasteiger partial charge in [0.2, 0.25) is 0 Å². The number of aliphatic carboxylic acids is 1. The summed E-state index contributed by atoms with van der Waals surface area (Å²) in [4.78, 5) is 23.1. The van der Waals surface area contributed by atoms with Gasteiger partial charge < -0.3 is 20.5 Å². The molecular weight excluding hydrogens is 260 g/mol. The average molecular weight is 286 g/mol. The lowest BCUT2D eigenvalue weighted by atomic mass is 9.82. The predicted octanol–water partition coefficient (Wildman–Crippen LogP) is 1.60. The van der Waals surface area contributed by atoms with Crippen molar-refractivity contribution in [1.29, 1.82) is 0 Å². The Bertz CT molecular complexity index is 357. The standard InChI is InChI=1S/C14H26N2O4/c1-13(2,3)10(11(17)18)16-12(19)15-9-14(4)5-7-20-8-6-14/h10H,5-9H2,1-4H3,(H,17,18)(H2,15,16,19)/t10-/m1/s1. The Balaban J connectivity index is 2.48. The molecule has 1 saturated heterocycles. The van der Waals surface area contributed by atoms with Gasteiger partial charge in [0.15, 0.2) is 0 Å². The largest absolute Gasteiger partial charge is 0.480 e. The summed E-state index contributed by atoms with van der Waals surface area (Å²) in [5.41, 5.74) is -0.512. The Morgan fingerprint density at radius 3 is 2.30 bits per heavy atom. The van der Waals surface area contributed by atoms with Gasteiger partial charge in [-0.2, -0.15) is 0 Å². The summed E-state index contributed by atoms with van der Waals surface area (Å²) in [5, 5.41) is 14.5. The van der Waals surface area contributed by atoms with Gasteiger partial charge in [0.25, 0.3) is 0 Å². The highest BCUT2D eigenvalue weighted by Crippen LogP contribution is 2.28. The third kappa shape index (κ3) is 5.00. The van der Waals surface area contributed by atoms with E-state index in [0.717, 1.165) is 12.8 Å². The van der Waals surface area contributed by atoms with Gasteiger partial charge in [0.05, 0.1) is 0 Å². The number of rotatable bonds is 4. The molecule has 1 rings (SSSR count). The highest BCUT2D eigenvalue weighted by Gasteiger charge is 2.33. The zero-order valence-corrected chi connectivity index (χ0v) is 12.8. The first-order valence-corrected chi connectivity index (χ1v) is 6.99. The van der Waals surface area contributed by atoms with Gasteiger partial charge >= 0.3 is 12.0 Å². The van der Waals surface area contributed by atoms with Crippen molar-refractivity contribution >= 4 is 12.0 Å². The van der Waals surface area contributed by atoms with Crippen LogP contribution >= 0.6 is 0 Å². The molecule has 0 aliphatic carbocycles. The van der Waals surface area contributed by atoms with Crippen molar-refractivity contribution < 1.29 is 19.4 Å². The van der Waals surface area contributed by atoms with Crippen LogP contribution in [-0.4, -0.2) is 42.9 Å². The maximum absolute atomic E-state index is 11.9. The number of nitrogens with one attached hydrogen (secondary N) is 2. The van der Waals surface area contributed by atoms with E-state index in [1.165, 1.54) is 0 Å². The van der Waals surface area contributed by atoms with E-state index in [1.54, 1.807) is 20.8 Å². The van der Waals surface area contributed by atoms with Crippen LogP contribution in [-0.2, 0) is 9.53 Å². The van der Waals surface area contributed by atoms with Crippen LogP contribution in [0.4, 0.5) is 4.79 Å². The van der Waals surface area contributed by atoms with Crippen molar-refractivity contribution in [3.63, 3.8) is 0 Å². The molecule has 3 N–H and O–H groups in total. The van der Waals surface area contributed by atoms with Crippen molar-refractivity contribution in [3.05, 3.63) is 0 Å². The van der Waals surface area contributed by atoms with E-state index >= 15 is 0 Å². The molecule has 0 spiro atoms. The molecule has 0 unspecified atom stereocenters. The molecule has 6 nitrogen and oxygen atoms in total. The number of ether oxygens (including phenoxy) is 1. The van der Waals surface area contributed by atoms with Gasteiger partial charge in [-0.3, -0.25) is 0 Å². The van der Waals surface area contributed by atoms with E-state index in [4.69, 9.17) is 9.84 Å². The van der Waals surface area contributed by atoms with Gasteiger partial charge in [-0.25, -0.2) is 9.59 Å². The molecule has 1 atom stereocenters. The van der Waals surface area contributed by atoms with Crippen LogP contribution in [0.5, 0.6) is 0 Å². The summed E-state index contributed by atoms with van der Waals surface area (Å²) >= 11 is 0. The molecule has 1 heterocycles. The van der Waals surface area contributed by atoms with Crippen molar-refractivity contribution in [2.45, 2.75) is 46.6 Å². The molecule has 0 saturated carbocycles. The molecule has 0 radical (unpaired) electrons. The minimum absolute atomic E-state index is 0.0239. The lowest BCUT2D eigenvalue weighted by molar-refractivity contribution is -0.141. The number of amides is 2. The first-order valence-electron chi connectivity index (χ1n) is 6.99. The Kier molecular flexibility index (Phi) is 5.39. The predicted molar refractivity (Wildman–Crippen MR) is 75.6 cm³/mol. The summed E-state index contributed by atoms with van der Waals surface area (Å²) < 4.78 is 5.31. The van der Waals surface area contributed by atoms with Gasteiger partial charge in [0.1, 0.15) is 6.04 Å². The van der Waals surface area contributed by atoms with E-state index in [0.29, 0.717) is 19.8 Å². The highest BCUT2D eigenvalue weighted by atomic mass is 16.5. The summed E-state index contributed by atoms with van der Waals surface area (Å²) in [6.45, 7) is 9.40. The first kappa shape index (κ1) is 16.8. The van der Waals surface area contributed by atoms with Crippen LogP contribution in [0.2, 0.25) is 0 Å². The molecule has 1 aliphatic rings. The van der Waals surface area contributed by atoms with E-state index < -0.39 is 23.5 Å². The molecule has 0 aromatic carbocycles. The maximum atomic E-state index is 11.9. The molecule has 0 bridgehead atoms. The van der Waals surface area contributed by atoms with Crippen LogP contribution in [0.3, 0.4) is 0 Å². The summed E-state index contributed by atoms with van der Waals surface area (Å²) in [6, 6.07) is -1.34. The van der Waals surface area contributed by atoms with E-state index in [2.05, 4.69) is 17.6 Å². The van der Waals surface area contributed by atoms with Crippen LogP contribution < -0.4 is 10.6 Å². The molecule has 0 aromatic heterocycles. The van der Waals surface area contributed by atoms with Crippen LogP contribution in [0, 0.1) is 10.8 Å². The van der Waals surface area contributed by atoms with E-state index in [9.17, 15) is 9.59 Å². The van der Waals surface area contributed by atoms with Crippen LogP contribution in [0.15, 0.2) is 0 Å². The Morgan fingerprint density at radius 2 is 1.85 bits per heavy atom. The highest BCUT2D eigenvalue weighted by molar-refractivity contribution is 5.83. The van der Waals surface area contributed by atoms with E-state index in [1.807, 2.05) is 0 Å². The molecular formula is C14H26N2O4. The van der Waals surface area contributed by atoms with Gasteiger partial charge in [-0.05, 0) is 23.7 Å². The van der Waals surface area contributed by atoms with Crippen molar-refractivity contribution in [1.82, 2.24) is 10.6 Å². The summed E-state index contributed by atoms with van der Waals surface area (Å²) in [7, 11) is 0.